The van der Waals surface area contributed by atoms with E-state index in [2.05, 4.69) is 9.72 Å². The number of hydrogen-bond acceptors (Lipinski definition) is 4. The minimum atomic E-state index is -5.07. The molecule has 1 rings (SSSR count). The number of ether oxygens (including phenoxy) is 1. The summed E-state index contributed by atoms with van der Waals surface area (Å²) in [5.74, 6) is -3.16. The molecule has 0 bridgehead atoms. The first-order valence-electron chi connectivity index (χ1n) is 6.13. The van der Waals surface area contributed by atoms with E-state index in [1.807, 2.05) is 13.8 Å². The third kappa shape index (κ3) is 4.76. The molecule has 1 N–H and O–H groups in total. The highest BCUT2D eigenvalue weighted by Crippen LogP contribution is 2.15. The number of carbonyl (C=O) groups excluding carboxylic acids is 2. The molecule has 9 heteroatoms. The van der Waals surface area contributed by atoms with Gasteiger partial charge < -0.3 is 14.6 Å². The third-order valence-corrected chi connectivity index (χ3v) is 2.71. The van der Waals surface area contributed by atoms with Gasteiger partial charge in [0.05, 0.1) is 19.1 Å². The quantitative estimate of drug-likeness (QED) is 0.830. The second kappa shape index (κ2) is 6.59. The first-order valence-corrected chi connectivity index (χ1v) is 6.13. The number of carbonyl (C=O) groups is 2. The van der Waals surface area contributed by atoms with Crippen LogP contribution in [0.1, 0.15) is 25.6 Å². The van der Waals surface area contributed by atoms with E-state index >= 15 is 0 Å². The van der Waals surface area contributed by atoms with Gasteiger partial charge in [0.25, 0.3) is 0 Å². The fraction of sp³-hybridized carbons (Fsp3) is 0.583. The summed E-state index contributed by atoms with van der Waals surface area (Å²) in [7, 11) is 1.03. The second-order valence-electron chi connectivity index (χ2n) is 4.66. The molecule has 118 valence electrons. The van der Waals surface area contributed by atoms with Crippen molar-refractivity contribution >= 4 is 11.9 Å². The predicted octanol–water partition coefficient (Wildman–Crippen LogP) is 1.23. The van der Waals surface area contributed by atoms with Crippen molar-refractivity contribution in [3.8, 4) is 0 Å². The molecule has 0 radical (unpaired) electrons. The maximum atomic E-state index is 12.2. The van der Waals surface area contributed by atoms with Crippen LogP contribution < -0.4 is 5.32 Å². The largest absolute Gasteiger partial charge is 0.471 e. The van der Waals surface area contributed by atoms with Crippen molar-refractivity contribution in [1.82, 2.24) is 14.9 Å². The van der Waals surface area contributed by atoms with Gasteiger partial charge in [-0.05, 0) is 13.8 Å². The van der Waals surface area contributed by atoms with Gasteiger partial charge in [-0.2, -0.15) is 13.2 Å². The molecule has 1 aromatic rings. The summed E-state index contributed by atoms with van der Waals surface area (Å²) in [5, 5.41) is 1.61. The standard InChI is InChI=1S/C12H16F3N3O3/c1-7(2)18-5-8(16-6-18)4-9(10(19)21-3)17-11(20)12(13,14)15/h5-7,9H,4H2,1-3H3,(H,17,20)/t9-/m0/s1. The van der Waals surface area contributed by atoms with E-state index in [4.69, 9.17) is 0 Å². The summed E-state index contributed by atoms with van der Waals surface area (Å²) in [5.41, 5.74) is 0.376. The number of aromatic nitrogens is 2. The van der Waals surface area contributed by atoms with Crippen molar-refractivity contribution in [3.05, 3.63) is 18.2 Å². The monoisotopic (exact) mass is 307 g/mol. The number of methoxy groups -OCH3 is 1. The SMILES string of the molecule is COC(=O)[C@H](Cc1cn(C(C)C)cn1)NC(=O)C(F)(F)F. The minimum Gasteiger partial charge on any atom is -0.467 e. The molecule has 0 saturated carbocycles. The van der Waals surface area contributed by atoms with Crippen molar-refractivity contribution in [3.63, 3.8) is 0 Å². The van der Waals surface area contributed by atoms with Crippen LogP contribution in [-0.4, -0.2) is 40.8 Å². The van der Waals surface area contributed by atoms with Crippen LogP contribution in [0.4, 0.5) is 13.2 Å². The zero-order valence-electron chi connectivity index (χ0n) is 11.8. The van der Waals surface area contributed by atoms with Gasteiger partial charge >= 0.3 is 18.1 Å². The van der Waals surface area contributed by atoms with Gasteiger partial charge in [-0.1, -0.05) is 0 Å². The average molecular weight is 307 g/mol. The first-order chi connectivity index (χ1) is 9.65. The smallest absolute Gasteiger partial charge is 0.467 e. The molecule has 0 aliphatic rings. The van der Waals surface area contributed by atoms with Crippen LogP contribution in [0.5, 0.6) is 0 Å². The van der Waals surface area contributed by atoms with Crippen LogP contribution in [0.15, 0.2) is 12.5 Å². The lowest BCUT2D eigenvalue weighted by atomic mass is 10.1. The van der Waals surface area contributed by atoms with Gasteiger partial charge in [-0.25, -0.2) is 9.78 Å². The molecule has 1 aromatic heterocycles. The zero-order chi connectivity index (χ0) is 16.2. The van der Waals surface area contributed by atoms with Gasteiger partial charge in [0.1, 0.15) is 6.04 Å². The van der Waals surface area contributed by atoms with Gasteiger partial charge in [0.15, 0.2) is 0 Å². The molecular formula is C12H16F3N3O3. The fourth-order valence-corrected chi connectivity index (χ4v) is 1.55. The number of nitrogens with one attached hydrogen (secondary N) is 1. The van der Waals surface area contributed by atoms with Crippen molar-refractivity contribution in [2.75, 3.05) is 7.11 Å². The Morgan fingerprint density at radius 2 is 2.05 bits per heavy atom. The fourth-order valence-electron chi connectivity index (χ4n) is 1.55. The van der Waals surface area contributed by atoms with Crippen molar-refractivity contribution < 1.29 is 27.5 Å². The Morgan fingerprint density at radius 1 is 1.43 bits per heavy atom. The number of rotatable bonds is 5. The molecule has 0 aliphatic carbocycles. The molecule has 1 atom stereocenters. The zero-order valence-corrected chi connectivity index (χ0v) is 11.8. The number of imidazole rings is 1. The molecule has 0 fully saturated rings. The van der Waals surface area contributed by atoms with Crippen molar-refractivity contribution in [1.29, 1.82) is 0 Å². The Balaban J connectivity index is 2.83. The maximum Gasteiger partial charge on any atom is 0.471 e. The minimum absolute atomic E-state index is 0.118. The summed E-state index contributed by atoms with van der Waals surface area (Å²) in [4.78, 5) is 26.4. The number of amides is 1. The molecule has 0 spiro atoms. The first kappa shape index (κ1) is 17.0. The summed E-state index contributed by atoms with van der Waals surface area (Å²) >= 11 is 0. The van der Waals surface area contributed by atoms with E-state index in [1.165, 1.54) is 6.33 Å². The highest BCUT2D eigenvalue weighted by Gasteiger charge is 2.41. The van der Waals surface area contributed by atoms with Gasteiger partial charge in [-0.15, -0.1) is 0 Å². The molecule has 6 nitrogen and oxygen atoms in total. The Labute approximate surface area is 119 Å². The Morgan fingerprint density at radius 3 is 2.48 bits per heavy atom. The van der Waals surface area contributed by atoms with E-state index in [-0.39, 0.29) is 12.5 Å². The van der Waals surface area contributed by atoms with Gasteiger partial charge in [0.2, 0.25) is 0 Å². The summed E-state index contributed by atoms with van der Waals surface area (Å²) in [6.07, 6.45) is -2.15. The highest BCUT2D eigenvalue weighted by atomic mass is 19.4. The molecule has 21 heavy (non-hydrogen) atoms. The van der Waals surface area contributed by atoms with Crippen LogP contribution in [-0.2, 0) is 20.7 Å². The number of hydrogen-bond donors (Lipinski definition) is 1. The van der Waals surface area contributed by atoms with Gasteiger partial charge in [0, 0.05) is 18.7 Å². The van der Waals surface area contributed by atoms with Crippen LogP contribution in [0, 0.1) is 0 Å². The highest BCUT2D eigenvalue weighted by molar-refractivity contribution is 5.87. The second-order valence-corrected chi connectivity index (χ2v) is 4.66. The van der Waals surface area contributed by atoms with Crippen molar-refractivity contribution in [2.24, 2.45) is 0 Å². The van der Waals surface area contributed by atoms with E-state index in [9.17, 15) is 22.8 Å². The number of alkyl halides is 3. The molecule has 0 unspecified atom stereocenters. The summed E-state index contributed by atoms with van der Waals surface area (Å²) in [6.45, 7) is 3.79. The lowest BCUT2D eigenvalue weighted by molar-refractivity contribution is -0.175. The van der Waals surface area contributed by atoms with Crippen LogP contribution >= 0.6 is 0 Å². The average Bonchev–Trinajstić information content (AvgIpc) is 2.84. The van der Waals surface area contributed by atoms with Crippen LogP contribution in [0.25, 0.3) is 0 Å². The van der Waals surface area contributed by atoms with E-state index in [1.54, 1.807) is 16.1 Å². The Bertz CT molecular complexity index is 511. The van der Waals surface area contributed by atoms with Gasteiger partial charge in [-0.3, -0.25) is 4.79 Å². The normalized spacial score (nSPS) is 13.1. The molecule has 0 aliphatic heterocycles. The molecule has 1 amide bonds. The Hall–Kier alpha value is -2.06. The van der Waals surface area contributed by atoms with Crippen molar-refractivity contribution in [2.45, 2.75) is 38.5 Å². The number of halogens is 3. The summed E-state index contributed by atoms with van der Waals surface area (Å²) < 4.78 is 42.9. The topological polar surface area (TPSA) is 73.2 Å². The van der Waals surface area contributed by atoms with Crippen LogP contribution in [0.3, 0.4) is 0 Å². The van der Waals surface area contributed by atoms with Crippen LogP contribution in [0.2, 0.25) is 0 Å². The number of nitrogens with zero attached hydrogens (tertiary/aromatic N) is 2. The van der Waals surface area contributed by atoms with E-state index in [0.29, 0.717) is 5.69 Å². The lowest BCUT2D eigenvalue weighted by Gasteiger charge is -2.16. The lowest BCUT2D eigenvalue weighted by Crippen LogP contribution is -2.48. The molecule has 0 saturated heterocycles. The van der Waals surface area contributed by atoms with E-state index in [0.717, 1.165) is 7.11 Å². The molecule has 0 aromatic carbocycles. The summed E-state index contributed by atoms with van der Waals surface area (Å²) in [6, 6.07) is -1.33. The maximum absolute atomic E-state index is 12.2. The number of esters is 1. The molecular weight excluding hydrogens is 291 g/mol. The Kier molecular flexibility index (Phi) is 5.34. The predicted molar refractivity (Wildman–Crippen MR) is 66.3 cm³/mol. The molecule has 1 heterocycles. The third-order valence-electron chi connectivity index (χ3n) is 2.71. The van der Waals surface area contributed by atoms with E-state index < -0.39 is 24.1 Å².